The molecule has 1 saturated carbocycles. The summed E-state index contributed by atoms with van der Waals surface area (Å²) in [5, 5.41) is 4.04. The maximum atomic E-state index is 5.93. The highest BCUT2D eigenvalue weighted by atomic mass is 16.5. The summed E-state index contributed by atoms with van der Waals surface area (Å²) in [5.41, 5.74) is 5.88. The van der Waals surface area contributed by atoms with Crippen LogP contribution in [0.4, 0.5) is 0 Å². The lowest BCUT2D eigenvalue weighted by Crippen LogP contribution is -2.37. The molecule has 1 aliphatic rings. The molecule has 16 heavy (non-hydrogen) atoms. The molecule has 2 N–H and O–H groups in total. The average molecular weight is 223 g/mol. The van der Waals surface area contributed by atoms with Gasteiger partial charge in [0.15, 0.2) is 5.82 Å². The molecular weight excluding hydrogens is 202 g/mol. The summed E-state index contributed by atoms with van der Waals surface area (Å²) in [5.74, 6) is 1.88. The molecule has 0 radical (unpaired) electrons. The van der Waals surface area contributed by atoms with Gasteiger partial charge in [-0.05, 0) is 12.8 Å². The van der Waals surface area contributed by atoms with Crippen molar-refractivity contribution < 1.29 is 4.52 Å². The highest BCUT2D eigenvalue weighted by Gasteiger charge is 2.38. The third kappa shape index (κ3) is 1.98. The van der Waals surface area contributed by atoms with Crippen LogP contribution in [0.25, 0.3) is 0 Å². The molecule has 1 aliphatic carbocycles. The zero-order valence-electron chi connectivity index (χ0n) is 10.2. The Morgan fingerprint density at radius 3 is 2.50 bits per heavy atom. The molecule has 90 valence electrons. The minimum atomic E-state index is -0.0433. The summed E-state index contributed by atoms with van der Waals surface area (Å²) >= 11 is 0. The van der Waals surface area contributed by atoms with E-state index in [1.54, 1.807) is 0 Å². The second-order valence-electron chi connectivity index (χ2n) is 5.16. The molecule has 0 unspecified atom stereocenters. The highest BCUT2D eigenvalue weighted by molar-refractivity contribution is 5.08. The minimum absolute atomic E-state index is 0.0433. The van der Waals surface area contributed by atoms with Gasteiger partial charge in [0.2, 0.25) is 5.89 Å². The lowest BCUT2D eigenvalue weighted by Gasteiger charge is -2.32. The summed E-state index contributed by atoms with van der Waals surface area (Å²) in [6.45, 7) is 4.77. The fourth-order valence-electron chi connectivity index (χ4n) is 2.42. The molecule has 4 nitrogen and oxygen atoms in total. The van der Waals surface area contributed by atoms with E-state index in [0.717, 1.165) is 24.6 Å². The summed E-state index contributed by atoms with van der Waals surface area (Å²) in [6.07, 6.45) is 5.91. The minimum Gasteiger partial charge on any atom is -0.339 e. The van der Waals surface area contributed by atoms with E-state index in [9.17, 15) is 0 Å². The summed E-state index contributed by atoms with van der Waals surface area (Å²) in [7, 11) is 0. The predicted octanol–water partition coefficient (Wildman–Crippen LogP) is 2.35. The Bertz CT molecular complexity index is 340. The molecule has 1 heterocycles. The van der Waals surface area contributed by atoms with Crippen LogP contribution in [-0.2, 0) is 5.41 Å². The van der Waals surface area contributed by atoms with Crippen LogP contribution in [-0.4, -0.2) is 16.7 Å². The molecule has 0 aliphatic heterocycles. The van der Waals surface area contributed by atoms with Crippen molar-refractivity contribution in [3.8, 4) is 0 Å². The third-order valence-electron chi connectivity index (χ3n) is 3.61. The van der Waals surface area contributed by atoms with Gasteiger partial charge in [-0.15, -0.1) is 0 Å². The SMILES string of the molecule is CC(C)c1noc(C2(CN)CCCCC2)n1. The molecule has 1 aromatic heterocycles. The molecule has 0 spiro atoms. The van der Waals surface area contributed by atoms with E-state index in [0.29, 0.717) is 12.5 Å². The van der Waals surface area contributed by atoms with E-state index in [4.69, 9.17) is 10.3 Å². The molecule has 0 atom stereocenters. The van der Waals surface area contributed by atoms with Crippen molar-refractivity contribution in [3.05, 3.63) is 11.7 Å². The largest absolute Gasteiger partial charge is 0.339 e. The number of aromatic nitrogens is 2. The Kier molecular flexibility index (Phi) is 3.28. The van der Waals surface area contributed by atoms with Crippen LogP contribution in [0.3, 0.4) is 0 Å². The lowest BCUT2D eigenvalue weighted by molar-refractivity contribution is 0.219. The van der Waals surface area contributed by atoms with Crippen LogP contribution in [0.5, 0.6) is 0 Å². The molecule has 2 rings (SSSR count). The second kappa shape index (κ2) is 4.53. The quantitative estimate of drug-likeness (QED) is 0.854. The normalized spacial score (nSPS) is 20.2. The van der Waals surface area contributed by atoms with Gasteiger partial charge >= 0.3 is 0 Å². The van der Waals surface area contributed by atoms with E-state index in [-0.39, 0.29) is 5.41 Å². The molecule has 4 heteroatoms. The second-order valence-corrected chi connectivity index (χ2v) is 5.16. The maximum absolute atomic E-state index is 5.93. The molecule has 0 aromatic carbocycles. The van der Waals surface area contributed by atoms with Crippen LogP contribution in [0, 0.1) is 0 Å². The van der Waals surface area contributed by atoms with Crippen LogP contribution in [0.2, 0.25) is 0 Å². The summed E-state index contributed by atoms with van der Waals surface area (Å²) < 4.78 is 5.42. The van der Waals surface area contributed by atoms with Crippen molar-refractivity contribution in [3.63, 3.8) is 0 Å². The van der Waals surface area contributed by atoms with Crippen molar-refractivity contribution in [2.24, 2.45) is 5.73 Å². The third-order valence-corrected chi connectivity index (χ3v) is 3.61. The van der Waals surface area contributed by atoms with Gasteiger partial charge in [0.05, 0.1) is 5.41 Å². The number of rotatable bonds is 3. The van der Waals surface area contributed by atoms with Crippen LogP contribution in [0.1, 0.15) is 63.6 Å². The van der Waals surface area contributed by atoms with Gasteiger partial charge in [-0.1, -0.05) is 38.3 Å². The molecular formula is C12H21N3O. The lowest BCUT2D eigenvalue weighted by atomic mass is 9.74. The smallest absolute Gasteiger partial charge is 0.234 e. The number of nitrogens with zero attached hydrogens (tertiary/aromatic N) is 2. The Labute approximate surface area is 96.6 Å². The molecule has 0 bridgehead atoms. The summed E-state index contributed by atoms with van der Waals surface area (Å²) in [6, 6.07) is 0. The van der Waals surface area contributed by atoms with Crippen LogP contribution < -0.4 is 5.73 Å². The van der Waals surface area contributed by atoms with Gasteiger partial charge in [-0.25, -0.2) is 0 Å². The van der Waals surface area contributed by atoms with Gasteiger partial charge in [-0.3, -0.25) is 0 Å². The van der Waals surface area contributed by atoms with Gasteiger partial charge < -0.3 is 10.3 Å². The average Bonchev–Trinajstić information content (AvgIpc) is 2.80. The van der Waals surface area contributed by atoms with E-state index in [1.807, 2.05) is 0 Å². The standard InChI is InChI=1S/C12H21N3O/c1-9(2)10-14-11(16-15-10)12(8-13)6-4-3-5-7-12/h9H,3-8,13H2,1-2H3. The fourth-order valence-corrected chi connectivity index (χ4v) is 2.42. The predicted molar refractivity (Wildman–Crippen MR) is 62.2 cm³/mol. The van der Waals surface area contributed by atoms with Crippen molar-refractivity contribution in [1.29, 1.82) is 0 Å². The van der Waals surface area contributed by atoms with E-state index >= 15 is 0 Å². The first-order valence-electron chi connectivity index (χ1n) is 6.22. The maximum Gasteiger partial charge on any atom is 0.234 e. The topological polar surface area (TPSA) is 64.9 Å². The molecule has 0 saturated heterocycles. The number of hydrogen-bond donors (Lipinski definition) is 1. The van der Waals surface area contributed by atoms with Gasteiger partial charge in [-0.2, -0.15) is 4.98 Å². The summed E-state index contributed by atoms with van der Waals surface area (Å²) in [4.78, 5) is 4.52. The monoisotopic (exact) mass is 223 g/mol. The Morgan fingerprint density at radius 2 is 2.00 bits per heavy atom. The van der Waals surface area contributed by atoms with Gasteiger partial charge in [0.1, 0.15) is 0 Å². The number of nitrogens with two attached hydrogens (primary N) is 1. The van der Waals surface area contributed by atoms with Crippen LogP contribution >= 0.6 is 0 Å². The van der Waals surface area contributed by atoms with E-state index in [2.05, 4.69) is 24.0 Å². The van der Waals surface area contributed by atoms with E-state index < -0.39 is 0 Å². The van der Waals surface area contributed by atoms with E-state index in [1.165, 1.54) is 19.3 Å². The first-order chi connectivity index (χ1) is 7.68. The zero-order valence-corrected chi connectivity index (χ0v) is 10.2. The first-order valence-corrected chi connectivity index (χ1v) is 6.22. The van der Waals surface area contributed by atoms with Crippen molar-refractivity contribution in [1.82, 2.24) is 10.1 Å². The highest BCUT2D eigenvalue weighted by Crippen LogP contribution is 2.37. The van der Waals surface area contributed by atoms with Crippen molar-refractivity contribution in [2.75, 3.05) is 6.54 Å². The molecule has 1 aromatic rings. The number of hydrogen-bond acceptors (Lipinski definition) is 4. The zero-order chi connectivity index (χ0) is 11.6. The Hall–Kier alpha value is -0.900. The van der Waals surface area contributed by atoms with Crippen molar-refractivity contribution in [2.45, 2.75) is 57.3 Å². The molecule has 0 amide bonds. The fraction of sp³-hybridized carbons (Fsp3) is 0.833. The van der Waals surface area contributed by atoms with Crippen LogP contribution in [0.15, 0.2) is 4.52 Å². The first kappa shape index (κ1) is 11.6. The Morgan fingerprint density at radius 1 is 1.31 bits per heavy atom. The molecule has 1 fully saturated rings. The Balaban J connectivity index is 2.25. The van der Waals surface area contributed by atoms with Gasteiger partial charge in [0.25, 0.3) is 0 Å². The van der Waals surface area contributed by atoms with Crippen molar-refractivity contribution >= 4 is 0 Å². The van der Waals surface area contributed by atoms with Gasteiger partial charge in [0, 0.05) is 12.5 Å².